The van der Waals surface area contributed by atoms with Gasteiger partial charge in [-0.1, -0.05) is 19.3 Å². The summed E-state index contributed by atoms with van der Waals surface area (Å²) in [4.78, 5) is 13.6. The molecule has 1 atom stereocenters. The van der Waals surface area contributed by atoms with Crippen LogP contribution in [0.25, 0.3) is 0 Å². The van der Waals surface area contributed by atoms with E-state index >= 15 is 0 Å². The van der Waals surface area contributed by atoms with Crippen LogP contribution in [0.3, 0.4) is 0 Å². The molecule has 15 heavy (non-hydrogen) atoms. The fraction of sp³-hybridized carbons (Fsp3) is 0.818. The van der Waals surface area contributed by atoms with Crippen molar-refractivity contribution < 1.29 is 4.79 Å². The number of likely N-dealkylation sites (tertiary alicyclic amines) is 1. The normalized spacial score (nSPS) is 30.3. The van der Waals surface area contributed by atoms with Crippen molar-refractivity contribution in [1.82, 2.24) is 4.90 Å². The third-order valence-electron chi connectivity index (χ3n) is 3.51. The third kappa shape index (κ3) is 1.85. The molecule has 0 aromatic carbocycles. The van der Waals surface area contributed by atoms with Gasteiger partial charge in [-0.3, -0.25) is 4.79 Å². The van der Waals surface area contributed by atoms with Gasteiger partial charge < -0.3 is 4.90 Å². The minimum absolute atomic E-state index is 0.110. The van der Waals surface area contributed by atoms with Crippen molar-refractivity contribution in [1.29, 1.82) is 5.26 Å². The minimum Gasteiger partial charge on any atom is -0.323 e. The number of nitrogens with zero attached hydrogens (tertiary/aromatic N) is 2. The summed E-state index contributed by atoms with van der Waals surface area (Å²) in [7, 11) is 0. The average molecular weight is 224 g/mol. The lowest BCUT2D eigenvalue weighted by Gasteiger charge is -2.39. The first kappa shape index (κ1) is 10.8. The molecule has 2 aliphatic rings. The van der Waals surface area contributed by atoms with Crippen molar-refractivity contribution in [2.45, 2.75) is 49.3 Å². The van der Waals surface area contributed by atoms with E-state index in [0.29, 0.717) is 13.0 Å². The number of nitriles is 1. The van der Waals surface area contributed by atoms with Crippen LogP contribution in [0.1, 0.15) is 38.5 Å². The second kappa shape index (κ2) is 4.05. The summed E-state index contributed by atoms with van der Waals surface area (Å²) in [6.45, 7) is 0.648. The minimum atomic E-state index is -0.507. The topological polar surface area (TPSA) is 44.1 Å². The van der Waals surface area contributed by atoms with Crippen molar-refractivity contribution in [2.24, 2.45) is 0 Å². The Kier molecular flexibility index (Phi) is 2.92. The van der Waals surface area contributed by atoms with Crippen molar-refractivity contribution in [2.75, 3.05) is 6.54 Å². The van der Waals surface area contributed by atoms with E-state index in [1.807, 2.05) is 0 Å². The smallest absolute Gasteiger partial charge is 0.225 e. The van der Waals surface area contributed by atoms with Crippen molar-refractivity contribution >= 4 is 18.5 Å². The van der Waals surface area contributed by atoms with E-state index in [2.05, 4.69) is 18.7 Å². The van der Waals surface area contributed by atoms with Crippen molar-refractivity contribution in [3.8, 4) is 6.07 Å². The van der Waals surface area contributed by atoms with Crippen LogP contribution in [0, 0.1) is 11.3 Å². The molecule has 2 fully saturated rings. The average Bonchev–Trinajstić information content (AvgIpc) is 2.59. The van der Waals surface area contributed by atoms with Gasteiger partial charge in [-0.2, -0.15) is 17.9 Å². The molecule has 1 aliphatic carbocycles. The Hall–Kier alpha value is -0.690. The van der Waals surface area contributed by atoms with E-state index in [0.717, 1.165) is 25.7 Å². The zero-order valence-electron chi connectivity index (χ0n) is 8.78. The lowest BCUT2D eigenvalue weighted by atomic mass is 9.81. The predicted octanol–water partition coefficient (Wildman–Crippen LogP) is 1.74. The van der Waals surface area contributed by atoms with Gasteiger partial charge in [-0.15, -0.1) is 0 Å². The Morgan fingerprint density at radius 1 is 1.40 bits per heavy atom. The van der Waals surface area contributed by atoms with Crippen LogP contribution in [0.4, 0.5) is 0 Å². The summed E-state index contributed by atoms with van der Waals surface area (Å²) in [6, 6.07) is 2.38. The summed E-state index contributed by atoms with van der Waals surface area (Å²) in [5.74, 6) is 0.110. The number of carbonyl (C=O) groups excluding carboxylic acids is 1. The van der Waals surface area contributed by atoms with Gasteiger partial charge in [0, 0.05) is 18.2 Å². The molecule has 3 nitrogen and oxygen atoms in total. The lowest BCUT2D eigenvalue weighted by Crippen LogP contribution is -2.49. The molecule has 82 valence electrons. The van der Waals surface area contributed by atoms with E-state index < -0.39 is 5.54 Å². The Balaban J connectivity index is 2.19. The number of thiol groups is 1. The van der Waals surface area contributed by atoms with Crippen LogP contribution in [0.2, 0.25) is 0 Å². The molecule has 2 rings (SSSR count). The number of amides is 1. The zero-order chi connectivity index (χ0) is 10.9. The van der Waals surface area contributed by atoms with Crippen molar-refractivity contribution in [3.63, 3.8) is 0 Å². The zero-order valence-corrected chi connectivity index (χ0v) is 9.67. The highest BCUT2D eigenvalue weighted by molar-refractivity contribution is 7.81. The molecule has 1 saturated heterocycles. The maximum absolute atomic E-state index is 11.8. The number of hydrogen-bond acceptors (Lipinski definition) is 3. The summed E-state index contributed by atoms with van der Waals surface area (Å²) in [5, 5.41) is 9.45. The fourth-order valence-corrected chi connectivity index (χ4v) is 3.00. The van der Waals surface area contributed by atoms with Gasteiger partial charge in [0.05, 0.1) is 6.07 Å². The van der Waals surface area contributed by atoms with Crippen LogP contribution in [-0.2, 0) is 4.79 Å². The number of hydrogen-bond donors (Lipinski definition) is 1. The van der Waals surface area contributed by atoms with E-state index in [1.165, 1.54) is 6.42 Å². The fourth-order valence-electron chi connectivity index (χ4n) is 2.68. The summed E-state index contributed by atoms with van der Waals surface area (Å²) < 4.78 is 0. The Bertz CT molecular complexity index is 304. The number of rotatable bonds is 1. The maximum atomic E-state index is 11.8. The molecular formula is C11H16N2OS. The molecule has 1 saturated carbocycles. The first-order chi connectivity index (χ1) is 7.18. The quantitative estimate of drug-likeness (QED) is 0.690. The highest BCUT2D eigenvalue weighted by Gasteiger charge is 2.44. The molecule has 0 N–H and O–H groups in total. The molecule has 1 amide bonds. The first-order valence-corrected chi connectivity index (χ1v) is 6.09. The Morgan fingerprint density at radius 3 is 2.53 bits per heavy atom. The third-order valence-corrected chi connectivity index (χ3v) is 3.86. The summed E-state index contributed by atoms with van der Waals surface area (Å²) >= 11 is 4.33. The molecule has 0 bridgehead atoms. The summed E-state index contributed by atoms with van der Waals surface area (Å²) in [5.41, 5.74) is -0.507. The highest BCUT2D eigenvalue weighted by atomic mass is 32.1. The molecule has 0 aromatic heterocycles. The van der Waals surface area contributed by atoms with E-state index in [-0.39, 0.29) is 11.2 Å². The largest absolute Gasteiger partial charge is 0.323 e. The van der Waals surface area contributed by atoms with Crippen LogP contribution in [-0.4, -0.2) is 28.1 Å². The van der Waals surface area contributed by atoms with E-state index in [4.69, 9.17) is 0 Å². The van der Waals surface area contributed by atoms with Gasteiger partial charge in [-0.05, 0) is 12.8 Å². The molecule has 1 heterocycles. The van der Waals surface area contributed by atoms with E-state index in [1.54, 1.807) is 4.90 Å². The highest BCUT2D eigenvalue weighted by Crippen LogP contribution is 2.36. The Labute approximate surface area is 95.8 Å². The van der Waals surface area contributed by atoms with Gasteiger partial charge in [0.15, 0.2) is 0 Å². The molecule has 1 unspecified atom stereocenters. The predicted molar refractivity (Wildman–Crippen MR) is 60.5 cm³/mol. The Morgan fingerprint density at radius 2 is 2.07 bits per heavy atom. The standard InChI is InChI=1S/C11H16N2OS/c12-8-11(4-2-1-3-5-11)13-7-9(15)6-10(13)14/h9,15H,1-7H2. The van der Waals surface area contributed by atoms with E-state index in [9.17, 15) is 10.1 Å². The van der Waals surface area contributed by atoms with Gasteiger partial charge >= 0.3 is 0 Å². The summed E-state index contributed by atoms with van der Waals surface area (Å²) in [6.07, 6.45) is 5.50. The molecule has 4 heteroatoms. The van der Waals surface area contributed by atoms with Gasteiger partial charge in [0.25, 0.3) is 0 Å². The first-order valence-electron chi connectivity index (χ1n) is 5.58. The second-order valence-corrected chi connectivity index (χ2v) is 5.30. The molecule has 1 aliphatic heterocycles. The molecule has 0 spiro atoms. The van der Waals surface area contributed by atoms with Crippen LogP contribution >= 0.6 is 12.6 Å². The van der Waals surface area contributed by atoms with Crippen LogP contribution in [0.5, 0.6) is 0 Å². The van der Waals surface area contributed by atoms with Gasteiger partial charge in [0.2, 0.25) is 5.91 Å². The maximum Gasteiger partial charge on any atom is 0.225 e. The monoisotopic (exact) mass is 224 g/mol. The number of carbonyl (C=O) groups is 1. The second-order valence-electron chi connectivity index (χ2n) is 4.57. The molecule has 0 radical (unpaired) electrons. The van der Waals surface area contributed by atoms with Crippen LogP contribution < -0.4 is 0 Å². The lowest BCUT2D eigenvalue weighted by molar-refractivity contribution is -0.132. The van der Waals surface area contributed by atoms with Crippen LogP contribution in [0.15, 0.2) is 0 Å². The van der Waals surface area contributed by atoms with Crippen molar-refractivity contribution in [3.05, 3.63) is 0 Å². The van der Waals surface area contributed by atoms with Gasteiger partial charge in [0.1, 0.15) is 5.54 Å². The SMILES string of the molecule is N#CC1(N2CC(S)CC2=O)CCCCC1. The van der Waals surface area contributed by atoms with Gasteiger partial charge in [-0.25, -0.2) is 0 Å². The molecular weight excluding hydrogens is 208 g/mol. The molecule has 0 aromatic rings.